The Balaban J connectivity index is 1.38. The van der Waals surface area contributed by atoms with Crippen molar-refractivity contribution in [2.24, 2.45) is 0 Å². The molecule has 2 aliphatic rings. The van der Waals surface area contributed by atoms with Crippen LogP contribution in [0, 0.1) is 0 Å². The van der Waals surface area contributed by atoms with Gasteiger partial charge >= 0.3 is 5.97 Å². The third-order valence-corrected chi connectivity index (χ3v) is 4.94. The lowest BCUT2D eigenvalue weighted by atomic mass is 10.1. The summed E-state index contributed by atoms with van der Waals surface area (Å²) in [7, 11) is 0. The van der Waals surface area contributed by atoms with Crippen LogP contribution in [0.4, 0.5) is 0 Å². The van der Waals surface area contributed by atoms with E-state index in [-0.39, 0.29) is 12.1 Å². The molecule has 0 saturated heterocycles. The van der Waals surface area contributed by atoms with Crippen LogP contribution in [-0.2, 0) is 16.1 Å². The van der Waals surface area contributed by atoms with E-state index in [0.717, 1.165) is 60.3 Å². The van der Waals surface area contributed by atoms with Gasteiger partial charge in [0, 0.05) is 17.9 Å². The molecule has 6 heteroatoms. The Hall–Kier alpha value is -1.53. The van der Waals surface area contributed by atoms with Crippen LogP contribution in [0.15, 0.2) is 28.3 Å². The Morgan fingerprint density at radius 1 is 1.38 bits per heavy atom. The van der Waals surface area contributed by atoms with Crippen LogP contribution in [0.25, 0.3) is 0 Å². The average Bonchev–Trinajstić information content (AvgIpc) is 3.15. The van der Waals surface area contributed by atoms with Crippen LogP contribution in [0.2, 0.25) is 0 Å². The zero-order valence-electron chi connectivity index (χ0n) is 13.8. The molecular weight excluding hydrogens is 374 g/mol. The molecule has 0 radical (unpaired) electrons. The van der Waals surface area contributed by atoms with Gasteiger partial charge in [0.1, 0.15) is 6.10 Å². The SMILES string of the molecule is CC(=O)OC1C=C(CCCNCc2cc3c(cc2Br)OCO3)CC1. The van der Waals surface area contributed by atoms with Crippen molar-refractivity contribution in [3.8, 4) is 11.5 Å². The van der Waals surface area contributed by atoms with Crippen molar-refractivity contribution in [2.45, 2.75) is 45.3 Å². The van der Waals surface area contributed by atoms with Gasteiger partial charge in [0.2, 0.25) is 6.79 Å². The molecule has 0 fully saturated rings. The largest absolute Gasteiger partial charge is 0.458 e. The van der Waals surface area contributed by atoms with Crippen molar-refractivity contribution >= 4 is 21.9 Å². The first-order valence-electron chi connectivity index (χ1n) is 8.27. The second-order valence-corrected chi connectivity index (χ2v) is 6.94. The van der Waals surface area contributed by atoms with Crippen LogP contribution in [0.1, 0.15) is 38.2 Å². The second kappa shape index (κ2) is 8.03. The molecule has 1 aliphatic heterocycles. The summed E-state index contributed by atoms with van der Waals surface area (Å²) in [6.45, 7) is 3.48. The molecule has 3 rings (SSSR count). The first-order valence-corrected chi connectivity index (χ1v) is 9.06. The summed E-state index contributed by atoms with van der Waals surface area (Å²) in [5.41, 5.74) is 2.56. The zero-order valence-corrected chi connectivity index (χ0v) is 15.4. The fourth-order valence-electron chi connectivity index (χ4n) is 3.03. The Bertz CT molecular complexity index is 644. The number of benzene rings is 1. The van der Waals surface area contributed by atoms with Crippen LogP contribution in [-0.4, -0.2) is 25.4 Å². The molecule has 0 amide bonds. The van der Waals surface area contributed by atoms with E-state index in [4.69, 9.17) is 14.2 Å². The molecule has 1 N–H and O–H groups in total. The normalized spacial score (nSPS) is 18.6. The first kappa shape index (κ1) is 17.3. The van der Waals surface area contributed by atoms with Gasteiger partial charge < -0.3 is 19.5 Å². The first-order chi connectivity index (χ1) is 11.6. The van der Waals surface area contributed by atoms with Crippen molar-refractivity contribution in [3.63, 3.8) is 0 Å². The van der Waals surface area contributed by atoms with E-state index in [1.165, 1.54) is 12.5 Å². The zero-order chi connectivity index (χ0) is 16.9. The number of rotatable bonds is 7. The van der Waals surface area contributed by atoms with E-state index < -0.39 is 0 Å². The quantitative estimate of drug-likeness (QED) is 0.433. The van der Waals surface area contributed by atoms with Crippen LogP contribution in [0.5, 0.6) is 11.5 Å². The number of hydrogen-bond acceptors (Lipinski definition) is 5. The van der Waals surface area contributed by atoms with Crippen molar-refractivity contribution in [3.05, 3.63) is 33.8 Å². The topological polar surface area (TPSA) is 56.8 Å². The number of halogens is 1. The molecule has 130 valence electrons. The molecular formula is C18H22BrNO4. The van der Waals surface area contributed by atoms with E-state index in [1.807, 2.05) is 12.1 Å². The minimum absolute atomic E-state index is 0.0185. The lowest BCUT2D eigenvalue weighted by Crippen LogP contribution is -2.15. The number of carbonyl (C=O) groups is 1. The van der Waals surface area contributed by atoms with Crippen LogP contribution < -0.4 is 14.8 Å². The number of allylic oxidation sites excluding steroid dienone is 1. The lowest BCUT2D eigenvalue weighted by Gasteiger charge is -2.08. The van der Waals surface area contributed by atoms with E-state index in [1.54, 1.807) is 0 Å². The monoisotopic (exact) mass is 395 g/mol. The fraction of sp³-hybridized carbons (Fsp3) is 0.500. The standard InChI is InChI=1S/C18H22BrNO4/c1-12(21)24-15-5-4-13(7-15)3-2-6-20-10-14-8-17-18(9-16(14)19)23-11-22-17/h7-9,15,20H,2-6,10-11H2,1H3. The molecule has 0 aromatic heterocycles. The smallest absolute Gasteiger partial charge is 0.303 e. The molecule has 1 aromatic carbocycles. The Labute approximate surface area is 150 Å². The van der Waals surface area contributed by atoms with E-state index >= 15 is 0 Å². The fourth-order valence-corrected chi connectivity index (χ4v) is 3.49. The van der Waals surface area contributed by atoms with Crippen LogP contribution >= 0.6 is 15.9 Å². The Morgan fingerprint density at radius 3 is 2.96 bits per heavy atom. The molecule has 1 aliphatic carbocycles. The highest BCUT2D eigenvalue weighted by Crippen LogP contribution is 2.36. The highest BCUT2D eigenvalue weighted by atomic mass is 79.9. The van der Waals surface area contributed by atoms with Crippen molar-refractivity contribution in [2.75, 3.05) is 13.3 Å². The average molecular weight is 396 g/mol. The maximum absolute atomic E-state index is 11.0. The van der Waals surface area contributed by atoms with Crippen molar-refractivity contribution in [1.29, 1.82) is 0 Å². The number of esters is 1. The highest BCUT2D eigenvalue weighted by Gasteiger charge is 2.18. The minimum Gasteiger partial charge on any atom is -0.458 e. The Morgan fingerprint density at radius 2 is 2.17 bits per heavy atom. The predicted molar refractivity (Wildman–Crippen MR) is 94.1 cm³/mol. The van der Waals surface area contributed by atoms with Gasteiger partial charge in [-0.2, -0.15) is 0 Å². The van der Waals surface area contributed by atoms with E-state index in [0.29, 0.717) is 6.79 Å². The maximum Gasteiger partial charge on any atom is 0.303 e. The summed E-state index contributed by atoms with van der Waals surface area (Å²) in [6, 6.07) is 3.97. The summed E-state index contributed by atoms with van der Waals surface area (Å²) in [5.74, 6) is 1.40. The second-order valence-electron chi connectivity index (χ2n) is 6.09. The van der Waals surface area contributed by atoms with Gasteiger partial charge in [-0.1, -0.05) is 21.5 Å². The van der Waals surface area contributed by atoms with Crippen molar-refractivity contribution < 1.29 is 19.0 Å². The van der Waals surface area contributed by atoms with Crippen LogP contribution in [0.3, 0.4) is 0 Å². The number of ether oxygens (including phenoxy) is 3. The molecule has 24 heavy (non-hydrogen) atoms. The maximum atomic E-state index is 11.0. The van der Waals surface area contributed by atoms with Gasteiger partial charge in [-0.3, -0.25) is 4.79 Å². The van der Waals surface area contributed by atoms with Crippen molar-refractivity contribution in [1.82, 2.24) is 5.32 Å². The molecule has 5 nitrogen and oxygen atoms in total. The highest BCUT2D eigenvalue weighted by molar-refractivity contribution is 9.10. The molecule has 1 heterocycles. The summed E-state index contributed by atoms with van der Waals surface area (Å²) in [4.78, 5) is 11.0. The molecule has 0 spiro atoms. The predicted octanol–water partition coefficient (Wildman–Crippen LogP) is 3.70. The summed E-state index contributed by atoms with van der Waals surface area (Å²) in [5, 5.41) is 3.46. The molecule has 1 unspecified atom stereocenters. The van der Waals surface area contributed by atoms with Gasteiger partial charge in [-0.15, -0.1) is 0 Å². The van der Waals surface area contributed by atoms with E-state index in [2.05, 4.69) is 27.3 Å². The lowest BCUT2D eigenvalue weighted by molar-refractivity contribution is -0.144. The summed E-state index contributed by atoms with van der Waals surface area (Å²) in [6.07, 6.45) is 6.16. The summed E-state index contributed by atoms with van der Waals surface area (Å²) < 4.78 is 17.0. The Kier molecular flexibility index (Phi) is 5.79. The number of fused-ring (bicyclic) bond motifs is 1. The van der Waals surface area contributed by atoms with Gasteiger partial charge in [0.05, 0.1) is 0 Å². The van der Waals surface area contributed by atoms with Gasteiger partial charge in [-0.25, -0.2) is 0 Å². The minimum atomic E-state index is -0.200. The molecule has 0 bridgehead atoms. The third kappa shape index (κ3) is 4.51. The van der Waals surface area contributed by atoms with Gasteiger partial charge in [0.25, 0.3) is 0 Å². The number of nitrogens with one attached hydrogen (secondary N) is 1. The molecule has 1 atom stereocenters. The number of hydrogen-bond donors (Lipinski definition) is 1. The number of carbonyl (C=O) groups excluding carboxylic acids is 1. The molecule has 0 saturated carbocycles. The molecule has 1 aromatic rings. The van der Waals surface area contributed by atoms with E-state index in [9.17, 15) is 4.79 Å². The third-order valence-electron chi connectivity index (χ3n) is 4.20. The summed E-state index contributed by atoms with van der Waals surface area (Å²) >= 11 is 3.57. The van der Waals surface area contributed by atoms with Gasteiger partial charge in [-0.05, 0) is 56.0 Å². The van der Waals surface area contributed by atoms with Gasteiger partial charge in [0.15, 0.2) is 11.5 Å².